The van der Waals surface area contributed by atoms with Crippen LogP contribution >= 0.6 is 0 Å². The SMILES string of the molecule is O=C(Nc1ccccn1)c1cccc(NC(=O)c2ccccc2Oc2ccccc2)c1. The van der Waals surface area contributed by atoms with Crippen molar-refractivity contribution < 1.29 is 14.3 Å². The summed E-state index contributed by atoms with van der Waals surface area (Å²) in [6.07, 6.45) is 1.60. The van der Waals surface area contributed by atoms with Gasteiger partial charge in [-0.15, -0.1) is 0 Å². The Balaban J connectivity index is 1.49. The Hall–Kier alpha value is -4.45. The van der Waals surface area contributed by atoms with Gasteiger partial charge in [0.1, 0.15) is 17.3 Å². The quantitative estimate of drug-likeness (QED) is 0.448. The second kappa shape index (κ2) is 9.37. The van der Waals surface area contributed by atoms with E-state index >= 15 is 0 Å². The van der Waals surface area contributed by atoms with Crippen LogP contribution in [-0.4, -0.2) is 16.8 Å². The number of aromatic nitrogens is 1. The van der Waals surface area contributed by atoms with Crippen molar-refractivity contribution in [3.8, 4) is 11.5 Å². The van der Waals surface area contributed by atoms with Crippen LogP contribution in [0.15, 0.2) is 103 Å². The van der Waals surface area contributed by atoms with Crippen molar-refractivity contribution in [2.45, 2.75) is 0 Å². The minimum absolute atomic E-state index is 0.317. The molecule has 0 radical (unpaired) electrons. The van der Waals surface area contributed by atoms with Crippen LogP contribution in [0.5, 0.6) is 11.5 Å². The van der Waals surface area contributed by atoms with E-state index in [-0.39, 0.29) is 11.8 Å². The molecule has 2 amide bonds. The zero-order valence-electron chi connectivity index (χ0n) is 16.5. The molecule has 2 N–H and O–H groups in total. The van der Waals surface area contributed by atoms with Gasteiger partial charge in [-0.1, -0.05) is 42.5 Å². The number of para-hydroxylation sites is 2. The third-order valence-electron chi connectivity index (χ3n) is 4.39. The van der Waals surface area contributed by atoms with E-state index in [1.807, 2.05) is 30.3 Å². The van der Waals surface area contributed by atoms with Crippen LogP contribution < -0.4 is 15.4 Å². The first-order valence-electron chi connectivity index (χ1n) is 9.65. The fourth-order valence-electron chi connectivity index (χ4n) is 2.92. The lowest BCUT2D eigenvalue weighted by molar-refractivity contribution is 0.101. The number of pyridine rings is 1. The number of carbonyl (C=O) groups excluding carboxylic acids is 2. The van der Waals surface area contributed by atoms with Crippen molar-refractivity contribution in [1.29, 1.82) is 0 Å². The average molecular weight is 409 g/mol. The first-order valence-corrected chi connectivity index (χ1v) is 9.65. The Morgan fingerprint density at radius 2 is 1.48 bits per heavy atom. The van der Waals surface area contributed by atoms with Crippen LogP contribution in [0.2, 0.25) is 0 Å². The van der Waals surface area contributed by atoms with E-state index in [4.69, 9.17) is 4.74 Å². The van der Waals surface area contributed by atoms with E-state index < -0.39 is 0 Å². The van der Waals surface area contributed by atoms with Crippen molar-refractivity contribution >= 4 is 23.3 Å². The summed E-state index contributed by atoms with van der Waals surface area (Å²) in [7, 11) is 0. The molecule has 4 aromatic rings. The molecule has 31 heavy (non-hydrogen) atoms. The number of carbonyl (C=O) groups is 2. The summed E-state index contributed by atoms with van der Waals surface area (Å²) >= 11 is 0. The third-order valence-corrected chi connectivity index (χ3v) is 4.39. The molecule has 3 aromatic carbocycles. The molecular formula is C25H19N3O3. The van der Waals surface area contributed by atoms with Gasteiger partial charge in [0.2, 0.25) is 0 Å². The van der Waals surface area contributed by atoms with E-state index in [0.717, 1.165) is 0 Å². The van der Waals surface area contributed by atoms with E-state index in [2.05, 4.69) is 15.6 Å². The highest BCUT2D eigenvalue weighted by Crippen LogP contribution is 2.26. The normalized spacial score (nSPS) is 10.2. The summed E-state index contributed by atoms with van der Waals surface area (Å²) in [4.78, 5) is 29.5. The van der Waals surface area contributed by atoms with Crippen LogP contribution in [0.1, 0.15) is 20.7 Å². The predicted molar refractivity (Wildman–Crippen MR) is 120 cm³/mol. The lowest BCUT2D eigenvalue weighted by Crippen LogP contribution is -2.15. The molecule has 0 atom stereocenters. The molecule has 0 fully saturated rings. The molecule has 6 nitrogen and oxygen atoms in total. The first-order chi connectivity index (χ1) is 15.2. The maximum absolute atomic E-state index is 12.9. The number of amides is 2. The number of hydrogen-bond donors (Lipinski definition) is 2. The van der Waals surface area contributed by atoms with Gasteiger partial charge < -0.3 is 15.4 Å². The van der Waals surface area contributed by atoms with Crippen molar-refractivity contribution in [2.24, 2.45) is 0 Å². The fraction of sp³-hybridized carbons (Fsp3) is 0. The summed E-state index contributed by atoms with van der Waals surface area (Å²) in [5, 5.41) is 5.55. The summed E-state index contributed by atoms with van der Waals surface area (Å²) in [5.74, 6) is 0.872. The highest BCUT2D eigenvalue weighted by atomic mass is 16.5. The van der Waals surface area contributed by atoms with Gasteiger partial charge in [-0.2, -0.15) is 0 Å². The zero-order chi connectivity index (χ0) is 21.5. The standard InChI is InChI=1S/C25H19N3O3/c29-24(28-23-15-6-7-16-26-23)18-9-8-10-19(17-18)27-25(30)21-13-4-5-14-22(21)31-20-11-2-1-3-12-20/h1-17H,(H,27,30)(H,26,28,29). The Kier molecular flexibility index (Phi) is 6.00. The number of nitrogens with zero attached hydrogens (tertiary/aromatic N) is 1. The van der Waals surface area contributed by atoms with Gasteiger partial charge in [-0.25, -0.2) is 4.98 Å². The van der Waals surface area contributed by atoms with Crippen molar-refractivity contribution in [3.63, 3.8) is 0 Å². The smallest absolute Gasteiger partial charge is 0.259 e. The molecule has 152 valence electrons. The van der Waals surface area contributed by atoms with Gasteiger partial charge in [0, 0.05) is 17.4 Å². The third kappa shape index (κ3) is 5.13. The second-order valence-electron chi connectivity index (χ2n) is 6.62. The van der Waals surface area contributed by atoms with Gasteiger partial charge in [-0.05, 0) is 54.6 Å². The van der Waals surface area contributed by atoms with Gasteiger partial charge in [0.25, 0.3) is 11.8 Å². The average Bonchev–Trinajstić information content (AvgIpc) is 2.81. The summed E-state index contributed by atoms with van der Waals surface area (Å²) < 4.78 is 5.86. The van der Waals surface area contributed by atoms with Crippen molar-refractivity contribution in [2.75, 3.05) is 10.6 Å². The van der Waals surface area contributed by atoms with Crippen molar-refractivity contribution in [1.82, 2.24) is 4.98 Å². The van der Waals surface area contributed by atoms with Gasteiger partial charge in [0.15, 0.2) is 0 Å². The number of hydrogen-bond acceptors (Lipinski definition) is 4. The molecule has 0 bridgehead atoms. The number of nitrogens with one attached hydrogen (secondary N) is 2. The number of benzene rings is 3. The van der Waals surface area contributed by atoms with Gasteiger partial charge in [-0.3, -0.25) is 9.59 Å². The molecule has 1 heterocycles. The molecule has 1 aromatic heterocycles. The molecule has 0 aliphatic heterocycles. The van der Waals surface area contributed by atoms with Crippen LogP contribution in [0.25, 0.3) is 0 Å². The van der Waals surface area contributed by atoms with E-state index in [0.29, 0.717) is 34.1 Å². The van der Waals surface area contributed by atoms with Crippen LogP contribution in [0.3, 0.4) is 0 Å². The molecule has 6 heteroatoms. The zero-order valence-corrected chi connectivity index (χ0v) is 16.5. The number of anilines is 2. The highest BCUT2D eigenvalue weighted by molar-refractivity contribution is 6.08. The Morgan fingerprint density at radius 3 is 2.29 bits per heavy atom. The Bertz CT molecular complexity index is 1190. The van der Waals surface area contributed by atoms with Crippen LogP contribution in [0.4, 0.5) is 11.5 Å². The van der Waals surface area contributed by atoms with E-state index in [9.17, 15) is 9.59 Å². The molecule has 0 aliphatic rings. The molecule has 0 unspecified atom stereocenters. The molecule has 0 saturated heterocycles. The molecule has 4 rings (SSSR count). The predicted octanol–water partition coefficient (Wildman–Crippen LogP) is 5.38. The van der Waals surface area contributed by atoms with Crippen LogP contribution in [0, 0.1) is 0 Å². The molecule has 0 aliphatic carbocycles. The second-order valence-corrected chi connectivity index (χ2v) is 6.62. The summed E-state index contributed by atoms with van der Waals surface area (Å²) in [5.41, 5.74) is 1.28. The van der Waals surface area contributed by atoms with Gasteiger partial charge >= 0.3 is 0 Å². The molecular weight excluding hydrogens is 390 g/mol. The van der Waals surface area contributed by atoms with E-state index in [1.54, 1.807) is 72.9 Å². The monoisotopic (exact) mass is 409 g/mol. The van der Waals surface area contributed by atoms with E-state index in [1.165, 1.54) is 0 Å². The van der Waals surface area contributed by atoms with Gasteiger partial charge in [0.05, 0.1) is 5.56 Å². The number of ether oxygens (including phenoxy) is 1. The Morgan fingerprint density at radius 1 is 0.710 bits per heavy atom. The minimum Gasteiger partial charge on any atom is -0.457 e. The topological polar surface area (TPSA) is 80.3 Å². The lowest BCUT2D eigenvalue weighted by Gasteiger charge is -2.12. The summed E-state index contributed by atoms with van der Waals surface area (Å²) in [6, 6.07) is 28.2. The fourth-order valence-corrected chi connectivity index (χ4v) is 2.92. The first kappa shape index (κ1) is 19.8. The number of rotatable bonds is 6. The van der Waals surface area contributed by atoms with Crippen LogP contribution in [-0.2, 0) is 0 Å². The molecule has 0 spiro atoms. The molecule has 0 saturated carbocycles. The minimum atomic E-state index is -0.339. The maximum atomic E-state index is 12.9. The highest BCUT2D eigenvalue weighted by Gasteiger charge is 2.14. The largest absolute Gasteiger partial charge is 0.457 e. The maximum Gasteiger partial charge on any atom is 0.259 e. The lowest BCUT2D eigenvalue weighted by atomic mass is 10.1. The van der Waals surface area contributed by atoms with Crippen molar-refractivity contribution in [3.05, 3.63) is 114 Å². The summed E-state index contributed by atoms with van der Waals surface area (Å²) in [6.45, 7) is 0. The Labute approximate surface area is 179 Å².